The number of hydrogen-bond acceptors (Lipinski definition) is 9. The molecule has 0 aromatic heterocycles. The summed E-state index contributed by atoms with van der Waals surface area (Å²) in [4.78, 5) is 53.0. The summed E-state index contributed by atoms with van der Waals surface area (Å²) in [6.07, 6.45) is 0.781. The Kier molecular flexibility index (Phi) is 16.0. The summed E-state index contributed by atoms with van der Waals surface area (Å²) in [5, 5.41) is 0. The van der Waals surface area contributed by atoms with Crippen LogP contribution in [0.3, 0.4) is 0 Å². The Morgan fingerprint density at radius 1 is 0.568 bits per heavy atom. The van der Waals surface area contributed by atoms with Crippen LogP contribution in [0.1, 0.15) is 40.5 Å². The molecule has 0 N–H and O–H groups in total. The zero-order valence-electron chi connectivity index (χ0n) is 23.4. The lowest BCUT2D eigenvalue weighted by molar-refractivity contribution is -0.147. The highest BCUT2D eigenvalue weighted by molar-refractivity contribution is 5.80. The van der Waals surface area contributed by atoms with Crippen molar-refractivity contribution in [2.24, 2.45) is 23.7 Å². The van der Waals surface area contributed by atoms with Gasteiger partial charge in [0.2, 0.25) is 11.8 Å². The highest BCUT2D eigenvalue weighted by atomic mass is 16.5. The molecular weight excluding hydrogens is 484 g/mol. The molecule has 11 heteroatoms. The summed E-state index contributed by atoms with van der Waals surface area (Å²) < 4.78 is 26.6. The first kappa shape index (κ1) is 32.8. The zero-order chi connectivity index (χ0) is 27.8. The maximum Gasteiger partial charge on any atom is 0.308 e. The molecule has 0 saturated carbocycles. The molecular formula is C26H46N2O9. The van der Waals surface area contributed by atoms with Gasteiger partial charge >= 0.3 is 11.9 Å². The van der Waals surface area contributed by atoms with E-state index in [1.807, 2.05) is 0 Å². The Labute approximate surface area is 221 Å². The van der Waals surface area contributed by atoms with Crippen molar-refractivity contribution in [2.75, 3.05) is 80.0 Å². The first-order valence-electron chi connectivity index (χ1n) is 13.1. The lowest BCUT2D eigenvalue weighted by atomic mass is 9.96. The molecule has 1 fully saturated rings. The molecule has 0 bridgehead atoms. The van der Waals surface area contributed by atoms with E-state index < -0.39 is 0 Å². The minimum atomic E-state index is -0.376. The number of amides is 2. The normalized spacial score (nSPS) is 19.9. The van der Waals surface area contributed by atoms with Crippen molar-refractivity contribution in [3.8, 4) is 0 Å². The molecule has 0 aromatic rings. The minimum absolute atomic E-state index is 0.0751. The van der Waals surface area contributed by atoms with Crippen LogP contribution in [0.25, 0.3) is 0 Å². The topological polar surface area (TPSA) is 121 Å². The fraction of sp³-hybridized carbons (Fsp3) is 0.846. The lowest BCUT2D eigenvalue weighted by Crippen LogP contribution is -2.42. The fourth-order valence-corrected chi connectivity index (χ4v) is 4.27. The molecule has 1 aliphatic rings. The molecule has 1 saturated heterocycles. The molecule has 214 valence electrons. The van der Waals surface area contributed by atoms with Gasteiger partial charge in [-0.25, -0.2) is 0 Å². The van der Waals surface area contributed by atoms with Crippen molar-refractivity contribution < 1.29 is 42.9 Å². The molecule has 0 aromatic carbocycles. The largest absolute Gasteiger partial charge is 0.469 e. The second-order valence-electron chi connectivity index (χ2n) is 9.61. The molecule has 37 heavy (non-hydrogen) atoms. The number of carbonyl (C=O) groups excluding carboxylic acids is 4. The highest BCUT2D eigenvalue weighted by Crippen LogP contribution is 2.17. The van der Waals surface area contributed by atoms with Gasteiger partial charge in [-0.05, 0) is 12.8 Å². The summed E-state index contributed by atoms with van der Waals surface area (Å²) in [7, 11) is 2.68. The van der Waals surface area contributed by atoms with Gasteiger partial charge in [-0.2, -0.15) is 0 Å². The van der Waals surface area contributed by atoms with Gasteiger partial charge in [-0.15, -0.1) is 0 Å². The van der Waals surface area contributed by atoms with Gasteiger partial charge in [0.25, 0.3) is 0 Å². The number of nitrogens with zero attached hydrogens (tertiary/aromatic N) is 2. The van der Waals surface area contributed by atoms with Gasteiger partial charge in [-0.3, -0.25) is 19.2 Å². The third kappa shape index (κ3) is 12.2. The van der Waals surface area contributed by atoms with Crippen LogP contribution < -0.4 is 0 Å². The molecule has 2 amide bonds. The number of esters is 2. The predicted octanol–water partition coefficient (Wildman–Crippen LogP) is 1.38. The molecule has 0 aliphatic carbocycles. The lowest BCUT2D eigenvalue weighted by Gasteiger charge is -2.27. The van der Waals surface area contributed by atoms with Crippen LogP contribution in [-0.2, 0) is 42.9 Å². The van der Waals surface area contributed by atoms with E-state index in [1.165, 1.54) is 14.2 Å². The van der Waals surface area contributed by atoms with E-state index in [1.54, 1.807) is 37.5 Å². The number of methoxy groups -OCH3 is 2. The number of hydrogen-bond donors (Lipinski definition) is 0. The SMILES string of the molecule is COC(=O)[C@H](C)C[C@H](C)C(=O)N1CCOCCOCCN(C(=O)[C@@H](C)C[C@@H](C)C(=O)OC)CCOCC1. The molecule has 0 spiro atoms. The summed E-state index contributed by atoms with van der Waals surface area (Å²) in [6.45, 7) is 10.7. The standard InChI is InChI=1S/C26H46N2O9/c1-19(17-21(3)25(31)33-5)23(29)27-7-11-35-12-8-28(10-14-37-16-15-36-13-9-27)24(30)20(2)18-22(4)26(32)34-6/h19-22H,7-18H2,1-6H3/t19-,20-,21+,22+/m0/s1. The van der Waals surface area contributed by atoms with E-state index in [0.29, 0.717) is 78.7 Å². The van der Waals surface area contributed by atoms with Crippen molar-refractivity contribution in [1.82, 2.24) is 9.80 Å². The van der Waals surface area contributed by atoms with Crippen molar-refractivity contribution in [1.29, 1.82) is 0 Å². The maximum atomic E-state index is 13.1. The van der Waals surface area contributed by atoms with E-state index in [-0.39, 0.29) is 47.4 Å². The van der Waals surface area contributed by atoms with Crippen molar-refractivity contribution >= 4 is 23.8 Å². The van der Waals surface area contributed by atoms with Crippen LogP contribution >= 0.6 is 0 Å². The molecule has 1 aliphatic heterocycles. The smallest absolute Gasteiger partial charge is 0.308 e. The summed E-state index contributed by atoms with van der Waals surface area (Å²) >= 11 is 0. The van der Waals surface area contributed by atoms with Crippen LogP contribution in [0.2, 0.25) is 0 Å². The summed E-state index contributed by atoms with van der Waals surface area (Å²) in [5.74, 6) is -2.30. The van der Waals surface area contributed by atoms with Crippen LogP contribution in [0.5, 0.6) is 0 Å². The summed E-state index contributed by atoms with van der Waals surface area (Å²) in [5.41, 5.74) is 0. The monoisotopic (exact) mass is 530 g/mol. The van der Waals surface area contributed by atoms with Crippen LogP contribution in [0.15, 0.2) is 0 Å². The molecule has 1 heterocycles. The third-order valence-corrected chi connectivity index (χ3v) is 6.48. The first-order chi connectivity index (χ1) is 17.6. The molecule has 4 atom stereocenters. The van der Waals surface area contributed by atoms with E-state index in [2.05, 4.69) is 0 Å². The molecule has 11 nitrogen and oxygen atoms in total. The summed E-state index contributed by atoms with van der Waals surface area (Å²) in [6, 6.07) is 0. The Bertz CT molecular complexity index is 660. The van der Waals surface area contributed by atoms with Gasteiger partial charge in [0, 0.05) is 38.0 Å². The van der Waals surface area contributed by atoms with Gasteiger partial charge < -0.3 is 33.5 Å². The van der Waals surface area contributed by atoms with Crippen molar-refractivity contribution in [2.45, 2.75) is 40.5 Å². The predicted molar refractivity (Wildman–Crippen MR) is 136 cm³/mol. The van der Waals surface area contributed by atoms with E-state index >= 15 is 0 Å². The average Bonchev–Trinajstić information content (AvgIpc) is 2.90. The van der Waals surface area contributed by atoms with Gasteiger partial charge in [0.1, 0.15) is 0 Å². The fourth-order valence-electron chi connectivity index (χ4n) is 4.27. The highest BCUT2D eigenvalue weighted by Gasteiger charge is 2.27. The Balaban J connectivity index is 2.72. The Morgan fingerprint density at radius 2 is 0.865 bits per heavy atom. The molecule has 1 rings (SSSR count). The second-order valence-corrected chi connectivity index (χ2v) is 9.61. The average molecular weight is 531 g/mol. The number of rotatable bonds is 8. The molecule has 0 unspecified atom stereocenters. The van der Waals surface area contributed by atoms with E-state index in [0.717, 1.165) is 0 Å². The van der Waals surface area contributed by atoms with E-state index in [9.17, 15) is 19.2 Å². The van der Waals surface area contributed by atoms with Gasteiger partial charge in [0.05, 0.1) is 65.7 Å². The third-order valence-electron chi connectivity index (χ3n) is 6.48. The van der Waals surface area contributed by atoms with Crippen molar-refractivity contribution in [3.05, 3.63) is 0 Å². The zero-order valence-corrected chi connectivity index (χ0v) is 23.4. The van der Waals surface area contributed by atoms with Crippen molar-refractivity contribution in [3.63, 3.8) is 0 Å². The van der Waals surface area contributed by atoms with Crippen LogP contribution in [0.4, 0.5) is 0 Å². The Hall–Kier alpha value is -2.24. The second kappa shape index (κ2) is 18.1. The maximum absolute atomic E-state index is 13.1. The van der Waals surface area contributed by atoms with Gasteiger partial charge in [-0.1, -0.05) is 27.7 Å². The van der Waals surface area contributed by atoms with Crippen LogP contribution in [-0.4, -0.2) is 114 Å². The molecule has 0 radical (unpaired) electrons. The Morgan fingerprint density at radius 3 is 1.16 bits per heavy atom. The number of ether oxygens (including phenoxy) is 5. The van der Waals surface area contributed by atoms with Gasteiger partial charge in [0.15, 0.2) is 0 Å². The van der Waals surface area contributed by atoms with E-state index in [4.69, 9.17) is 23.7 Å². The first-order valence-corrected chi connectivity index (χ1v) is 13.1. The van der Waals surface area contributed by atoms with Crippen LogP contribution in [0, 0.1) is 23.7 Å². The quantitative estimate of drug-likeness (QED) is 0.429. The minimum Gasteiger partial charge on any atom is -0.469 e. The number of carbonyl (C=O) groups is 4.